The zero-order valence-electron chi connectivity index (χ0n) is 6.99. The lowest BCUT2D eigenvalue weighted by Crippen LogP contribution is -1.93. The number of aliphatic hydroxyl groups is 1. The van der Waals surface area contributed by atoms with E-state index in [0.717, 1.165) is 6.42 Å². The summed E-state index contributed by atoms with van der Waals surface area (Å²) in [5, 5.41) is 8.36. The molecule has 0 aromatic heterocycles. The predicted molar refractivity (Wildman–Crippen MR) is 46.2 cm³/mol. The highest BCUT2D eigenvalue weighted by Crippen LogP contribution is 2.03. The normalized spacial score (nSPS) is 13.3. The van der Waals surface area contributed by atoms with Crippen molar-refractivity contribution in [2.45, 2.75) is 13.3 Å². The smallest absolute Gasteiger partial charge is 0.110 e. The summed E-state index contributed by atoms with van der Waals surface area (Å²) in [7, 11) is 0. The molecule has 0 bridgehead atoms. The zero-order chi connectivity index (χ0) is 8.53. The second-order valence-corrected chi connectivity index (χ2v) is 2.42. The zero-order valence-corrected chi connectivity index (χ0v) is 6.99. The van der Waals surface area contributed by atoms with Crippen LogP contribution in [0.25, 0.3) is 0 Å². The first kappa shape index (κ1) is 10.2. The molecule has 0 saturated carbocycles. The maximum absolute atomic E-state index is 8.36. The Balaban J connectivity index is 3.31. The fraction of sp³-hybridized carbons (Fsp3) is 0.556. The Bertz CT molecular complexity index is 119. The van der Waals surface area contributed by atoms with Crippen LogP contribution in [0, 0.1) is 5.92 Å². The average Bonchev–Trinajstić information content (AvgIpc) is 1.99. The lowest BCUT2D eigenvalue weighted by Gasteiger charge is -2.00. The van der Waals surface area contributed by atoms with Crippen LogP contribution in [0.3, 0.4) is 0 Å². The van der Waals surface area contributed by atoms with Gasteiger partial charge in [0.05, 0.1) is 12.9 Å². The standard InChI is InChI=1S/C9H16O2/c1-3-4-9(2)5-7-11-8-6-10/h3,5,7,9-10H,1,4,6,8H2,2H3/b7-5+. The molecular formula is C9H16O2. The molecule has 0 aliphatic carbocycles. The van der Waals surface area contributed by atoms with Crippen LogP contribution in [-0.4, -0.2) is 18.3 Å². The van der Waals surface area contributed by atoms with E-state index in [2.05, 4.69) is 13.5 Å². The van der Waals surface area contributed by atoms with Crippen molar-refractivity contribution in [2.75, 3.05) is 13.2 Å². The number of allylic oxidation sites excluding steroid dienone is 2. The van der Waals surface area contributed by atoms with Crippen molar-refractivity contribution in [3.05, 3.63) is 25.0 Å². The summed E-state index contributed by atoms with van der Waals surface area (Å²) in [5.74, 6) is 0.464. The number of aliphatic hydroxyl groups excluding tert-OH is 1. The number of hydrogen-bond acceptors (Lipinski definition) is 2. The molecule has 0 amide bonds. The van der Waals surface area contributed by atoms with Crippen molar-refractivity contribution in [3.63, 3.8) is 0 Å². The molecular weight excluding hydrogens is 140 g/mol. The first-order valence-corrected chi connectivity index (χ1v) is 3.81. The molecule has 64 valence electrons. The molecule has 0 saturated heterocycles. The van der Waals surface area contributed by atoms with Gasteiger partial charge in [-0.2, -0.15) is 0 Å². The van der Waals surface area contributed by atoms with Crippen LogP contribution in [0.15, 0.2) is 25.0 Å². The number of rotatable bonds is 6. The molecule has 0 aromatic rings. The Kier molecular flexibility index (Phi) is 6.84. The third kappa shape index (κ3) is 7.13. The van der Waals surface area contributed by atoms with E-state index >= 15 is 0 Å². The molecule has 2 nitrogen and oxygen atoms in total. The van der Waals surface area contributed by atoms with E-state index in [-0.39, 0.29) is 6.61 Å². The summed E-state index contributed by atoms with van der Waals surface area (Å²) < 4.78 is 4.93. The maximum Gasteiger partial charge on any atom is 0.110 e. The van der Waals surface area contributed by atoms with Crippen LogP contribution in [-0.2, 0) is 4.74 Å². The molecule has 0 heterocycles. The highest BCUT2D eigenvalue weighted by Gasteiger charge is 1.90. The van der Waals surface area contributed by atoms with E-state index in [1.807, 2.05) is 12.2 Å². The van der Waals surface area contributed by atoms with Gasteiger partial charge in [0.25, 0.3) is 0 Å². The quantitative estimate of drug-likeness (QED) is 0.360. The topological polar surface area (TPSA) is 29.5 Å². The van der Waals surface area contributed by atoms with Gasteiger partial charge in [0.2, 0.25) is 0 Å². The summed E-state index contributed by atoms with van der Waals surface area (Å²) in [6.07, 6.45) is 6.42. The molecule has 1 unspecified atom stereocenters. The van der Waals surface area contributed by atoms with Crippen molar-refractivity contribution in [3.8, 4) is 0 Å². The largest absolute Gasteiger partial charge is 0.499 e. The van der Waals surface area contributed by atoms with E-state index in [0.29, 0.717) is 12.5 Å². The Labute approximate surface area is 68.2 Å². The molecule has 0 aromatic carbocycles. The first-order valence-electron chi connectivity index (χ1n) is 3.81. The van der Waals surface area contributed by atoms with Gasteiger partial charge in [0.15, 0.2) is 0 Å². The van der Waals surface area contributed by atoms with Crippen molar-refractivity contribution in [2.24, 2.45) is 5.92 Å². The molecule has 1 atom stereocenters. The monoisotopic (exact) mass is 156 g/mol. The summed E-state index contributed by atoms with van der Waals surface area (Å²) in [5.41, 5.74) is 0. The highest BCUT2D eigenvalue weighted by atomic mass is 16.5. The minimum atomic E-state index is 0.0696. The molecule has 0 fully saturated rings. The minimum Gasteiger partial charge on any atom is -0.499 e. The van der Waals surface area contributed by atoms with Gasteiger partial charge in [0, 0.05) is 0 Å². The summed E-state index contributed by atoms with van der Waals surface area (Å²) in [4.78, 5) is 0. The fourth-order valence-electron chi connectivity index (χ4n) is 0.652. The van der Waals surface area contributed by atoms with Gasteiger partial charge in [-0.15, -0.1) is 6.58 Å². The molecule has 0 aliphatic heterocycles. The second kappa shape index (κ2) is 7.35. The second-order valence-electron chi connectivity index (χ2n) is 2.42. The van der Waals surface area contributed by atoms with E-state index < -0.39 is 0 Å². The number of ether oxygens (including phenoxy) is 1. The third-order valence-corrected chi connectivity index (χ3v) is 1.25. The van der Waals surface area contributed by atoms with Gasteiger partial charge in [0.1, 0.15) is 6.61 Å². The molecule has 0 aliphatic rings. The van der Waals surface area contributed by atoms with Crippen LogP contribution in [0.2, 0.25) is 0 Å². The van der Waals surface area contributed by atoms with Crippen molar-refractivity contribution < 1.29 is 9.84 Å². The fourth-order valence-corrected chi connectivity index (χ4v) is 0.652. The molecule has 11 heavy (non-hydrogen) atoms. The van der Waals surface area contributed by atoms with Gasteiger partial charge in [-0.3, -0.25) is 0 Å². The van der Waals surface area contributed by atoms with Gasteiger partial charge in [-0.25, -0.2) is 0 Å². The van der Waals surface area contributed by atoms with Gasteiger partial charge < -0.3 is 9.84 Å². The SMILES string of the molecule is C=CCC(C)/C=C/OCCO. The van der Waals surface area contributed by atoms with Crippen LogP contribution >= 0.6 is 0 Å². The van der Waals surface area contributed by atoms with E-state index in [1.165, 1.54) is 0 Å². The van der Waals surface area contributed by atoms with E-state index in [4.69, 9.17) is 9.84 Å². The Morgan fingerprint density at radius 1 is 1.64 bits per heavy atom. The first-order chi connectivity index (χ1) is 5.31. The molecule has 0 rings (SSSR count). The Morgan fingerprint density at radius 3 is 2.91 bits per heavy atom. The van der Waals surface area contributed by atoms with Crippen LogP contribution < -0.4 is 0 Å². The molecule has 2 heteroatoms. The summed E-state index contributed by atoms with van der Waals surface area (Å²) in [6, 6.07) is 0. The third-order valence-electron chi connectivity index (χ3n) is 1.25. The Hall–Kier alpha value is -0.760. The number of hydrogen-bond donors (Lipinski definition) is 1. The lowest BCUT2D eigenvalue weighted by molar-refractivity contribution is 0.165. The van der Waals surface area contributed by atoms with Crippen LogP contribution in [0.4, 0.5) is 0 Å². The van der Waals surface area contributed by atoms with E-state index in [9.17, 15) is 0 Å². The molecule has 1 N–H and O–H groups in total. The van der Waals surface area contributed by atoms with Crippen molar-refractivity contribution in [1.29, 1.82) is 0 Å². The lowest BCUT2D eigenvalue weighted by atomic mass is 10.1. The maximum atomic E-state index is 8.36. The average molecular weight is 156 g/mol. The minimum absolute atomic E-state index is 0.0696. The molecule has 0 radical (unpaired) electrons. The summed E-state index contributed by atoms with van der Waals surface area (Å²) in [6.45, 7) is 6.16. The Morgan fingerprint density at radius 2 is 2.36 bits per heavy atom. The van der Waals surface area contributed by atoms with Gasteiger partial charge in [-0.05, 0) is 18.4 Å². The highest BCUT2D eigenvalue weighted by molar-refractivity contribution is 4.85. The molecule has 0 spiro atoms. The van der Waals surface area contributed by atoms with Crippen molar-refractivity contribution in [1.82, 2.24) is 0 Å². The van der Waals surface area contributed by atoms with Gasteiger partial charge >= 0.3 is 0 Å². The van der Waals surface area contributed by atoms with Gasteiger partial charge in [-0.1, -0.05) is 13.0 Å². The predicted octanol–water partition coefficient (Wildman–Crippen LogP) is 1.72. The van der Waals surface area contributed by atoms with Crippen molar-refractivity contribution >= 4 is 0 Å². The van der Waals surface area contributed by atoms with E-state index in [1.54, 1.807) is 6.26 Å². The summed E-state index contributed by atoms with van der Waals surface area (Å²) >= 11 is 0. The van der Waals surface area contributed by atoms with Crippen LogP contribution in [0.1, 0.15) is 13.3 Å². The van der Waals surface area contributed by atoms with Crippen LogP contribution in [0.5, 0.6) is 0 Å².